The van der Waals surface area contributed by atoms with E-state index < -0.39 is 0 Å². The summed E-state index contributed by atoms with van der Waals surface area (Å²) in [4.78, 5) is 24.0. The quantitative estimate of drug-likeness (QED) is 0.679. The van der Waals surface area contributed by atoms with Gasteiger partial charge in [-0.3, -0.25) is 9.59 Å². The molecule has 0 heterocycles. The average Bonchev–Trinajstić information content (AvgIpc) is 2.57. The Labute approximate surface area is 157 Å². The molecule has 2 aromatic carbocycles. The third-order valence-corrected chi connectivity index (χ3v) is 4.16. The number of hydrogen-bond donors (Lipinski definition) is 2. The van der Waals surface area contributed by atoms with Gasteiger partial charge in [-0.15, -0.1) is 0 Å². The molecule has 4 nitrogen and oxygen atoms in total. The largest absolute Gasteiger partial charge is 0.326 e. The lowest BCUT2D eigenvalue weighted by Crippen LogP contribution is -2.17. The van der Waals surface area contributed by atoms with Crippen molar-refractivity contribution in [2.75, 3.05) is 10.6 Å². The summed E-state index contributed by atoms with van der Waals surface area (Å²) in [7, 11) is 0. The Morgan fingerprint density at radius 1 is 0.840 bits per heavy atom. The summed E-state index contributed by atoms with van der Waals surface area (Å²) in [6.45, 7) is 1.96. The van der Waals surface area contributed by atoms with Gasteiger partial charge in [0.25, 0.3) is 0 Å². The molecule has 0 radical (unpaired) electrons. The third kappa shape index (κ3) is 7.16. The molecule has 0 fully saturated rings. The summed E-state index contributed by atoms with van der Waals surface area (Å²) in [6.07, 6.45) is 1.35. The Morgan fingerprint density at radius 2 is 1.28 bits per heavy atom. The minimum atomic E-state index is -0.0766. The van der Waals surface area contributed by atoms with E-state index in [1.54, 1.807) is 48.5 Å². The van der Waals surface area contributed by atoms with Crippen LogP contribution < -0.4 is 10.6 Å². The summed E-state index contributed by atoms with van der Waals surface area (Å²) >= 11 is 11.6. The first-order chi connectivity index (χ1) is 11.9. The molecule has 0 aliphatic heterocycles. The summed E-state index contributed by atoms with van der Waals surface area (Å²) in [5.41, 5.74) is 1.42. The second kappa shape index (κ2) is 9.44. The van der Waals surface area contributed by atoms with E-state index in [0.29, 0.717) is 40.7 Å². The minimum absolute atomic E-state index is 0.0760. The van der Waals surface area contributed by atoms with Crippen molar-refractivity contribution in [2.45, 2.75) is 26.2 Å². The van der Waals surface area contributed by atoms with Crippen LogP contribution in [-0.2, 0) is 9.59 Å². The number of benzene rings is 2. The lowest BCUT2D eigenvalue weighted by Gasteiger charge is -2.12. The maximum Gasteiger partial charge on any atom is 0.224 e. The van der Waals surface area contributed by atoms with Gasteiger partial charge in [-0.2, -0.15) is 0 Å². The number of anilines is 2. The molecule has 0 bridgehead atoms. The SMILES string of the molecule is C[C@H](CCC(=O)Nc1ccc(Cl)cc1)CC(=O)Nc1ccc(Cl)cc1. The standard InChI is InChI=1S/C19H20Cl2N2O2/c1-13(12-19(25)23-17-9-5-15(21)6-10-17)2-11-18(24)22-16-7-3-14(20)4-8-16/h3-10,13H,2,11-12H2,1H3,(H,22,24)(H,23,25)/t13-/m1/s1. The van der Waals surface area contributed by atoms with Gasteiger partial charge in [-0.05, 0) is 60.9 Å². The van der Waals surface area contributed by atoms with Gasteiger partial charge in [-0.25, -0.2) is 0 Å². The number of rotatable bonds is 7. The van der Waals surface area contributed by atoms with Crippen LogP contribution in [-0.4, -0.2) is 11.8 Å². The fraction of sp³-hybridized carbons (Fsp3) is 0.263. The highest BCUT2D eigenvalue weighted by molar-refractivity contribution is 6.30. The summed E-state index contributed by atoms with van der Waals surface area (Å²) in [6, 6.07) is 13.9. The van der Waals surface area contributed by atoms with Crippen LogP contribution >= 0.6 is 23.2 Å². The van der Waals surface area contributed by atoms with E-state index in [1.807, 2.05) is 6.92 Å². The van der Waals surface area contributed by atoms with Crippen LogP contribution in [0.3, 0.4) is 0 Å². The normalized spacial score (nSPS) is 11.6. The average molecular weight is 379 g/mol. The molecule has 0 spiro atoms. The van der Waals surface area contributed by atoms with Crippen LogP contribution in [0.15, 0.2) is 48.5 Å². The number of amides is 2. The highest BCUT2D eigenvalue weighted by Crippen LogP contribution is 2.17. The highest BCUT2D eigenvalue weighted by atomic mass is 35.5. The topological polar surface area (TPSA) is 58.2 Å². The van der Waals surface area contributed by atoms with Crippen molar-refractivity contribution < 1.29 is 9.59 Å². The van der Waals surface area contributed by atoms with Crippen molar-refractivity contribution >= 4 is 46.4 Å². The molecule has 6 heteroatoms. The fourth-order valence-electron chi connectivity index (χ4n) is 2.30. The van der Waals surface area contributed by atoms with Gasteiger partial charge in [0.2, 0.25) is 11.8 Å². The van der Waals surface area contributed by atoms with Gasteiger partial charge in [-0.1, -0.05) is 30.1 Å². The molecule has 0 aliphatic carbocycles. The molecular formula is C19H20Cl2N2O2. The van der Waals surface area contributed by atoms with Crippen LogP contribution in [0.5, 0.6) is 0 Å². The molecule has 0 unspecified atom stereocenters. The number of halogens is 2. The van der Waals surface area contributed by atoms with Crippen LogP contribution in [0, 0.1) is 5.92 Å². The maximum absolute atomic E-state index is 12.0. The Morgan fingerprint density at radius 3 is 1.76 bits per heavy atom. The molecule has 132 valence electrons. The zero-order valence-electron chi connectivity index (χ0n) is 13.9. The van der Waals surface area contributed by atoms with Crippen LogP contribution in [0.25, 0.3) is 0 Å². The maximum atomic E-state index is 12.0. The van der Waals surface area contributed by atoms with Gasteiger partial charge < -0.3 is 10.6 Å². The Bertz CT molecular complexity index is 715. The number of hydrogen-bond acceptors (Lipinski definition) is 2. The van der Waals surface area contributed by atoms with E-state index in [4.69, 9.17) is 23.2 Å². The second-order valence-electron chi connectivity index (χ2n) is 5.96. The van der Waals surface area contributed by atoms with E-state index >= 15 is 0 Å². The van der Waals surface area contributed by atoms with Crippen LogP contribution in [0.1, 0.15) is 26.2 Å². The lowest BCUT2D eigenvalue weighted by atomic mass is 10.0. The Balaban J connectivity index is 1.71. The number of carbonyl (C=O) groups excluding carboxylic acids is 2. The minimum Gasteiger partial charge on any atom is -0.326 e. The highest BCUT2D eigenvalue weighted by Gasteiger charge is 2.12. The third-order valence-electron chi connectivity index (χ3n) is 3.65. The second-order valence-corrected chi connectivity index (χ2v) is 6.83. The van der Waals surface area contributed by atoms with Gasteiger partial charge in [0.15, 0.2) is 0 Å². The van der Waals surface area contributed by atoms with E-state index in [-0.39, 0.29) is 17.7 Å². The fourth-order valence-corrected chi connectivity index (χ4v) is 2.55. The monoisotopic (exact) mass is 378 g/mol. The zero-order valence-corrected chi connectivity index (χ0v) is 15.4. The van der Waals surface area contributed by atoms with Crippen LogP contribution in [0.4, 0.5) is 11.4 Å². The van der Waals surface area contributed by atoms with Crippen LogP contribution in [0.2, 0.25) is 10.0 Å². The molecule has 0 saturated heterocycles. The predicted octanol–water partition coefficient (Wildman–Crippen LogP) is 5.38. The van der Waals surface area contributed by atoms with Crippen molar-refractivity contribution in [1.82, 2.24) is 0 Å². The van der Waals surface area contributed by atoms with Gasteiger partial charge in [0.05, 0.1) is 0 Å². The number of nitrogens with one attached hydrogen (secondary N) is 2. The first-order valence-corrected chi connectivity index (χ1v) is 8.79. The molecule has 0 aliphatic rings. The molecule has 2 amide bonds. The van der Waals surface area contributed by atoms with Gasteiger partial charge in [0.1, 0.15) is 0 Å². The zero-order chi connectivity index (χ0) is 18.2. The first-order valence-electron chi connectivity index (χ1n) is 8.03. The van der Waals surface area contributed by atoms with E-state index in [2.05, 4.69) is 10.6 Å². The Kier molecular flexibility index (Phi) is 7.29. The molecule has 2 rings (SSSR count). The number of carbonyl (C=O) groups is 2. The van der Waals surface area contributed by atoms with Crippen molar-refractivity contribution in [3.05, 3.63) is 58.6 Å². The van der Waals surface area contributed by atoms with Crippen molar-refractivity contribution in [2.24, 2.45) is 5.92 Å². The van der Waals surface area contributed by atoms with Crippen molar-refractivity contribution in [1.29, 1.82) is 0 Å². The smallest absolute Gasteiger partial charge is 0.224 e. The molecule has 2 N–H and O–H groups in total. The molecular weight excluding hydrogens is 359 g/mol. The molecule has 0 saturated carbocycles. The van der Waals surface area contributed by atoms with Crippen molar-refractivity contribution in [3.8, 4) is 0 Å². The summed E-state index contributed by atoms with van der Waals surface area (Å²) in [5, 5.41) is 6.88. The predicted molar refractivity (Wildman–Crippen MR) is 103 cm³/mol. The summed E-state index contributed by atoms with van der Waals surface area (Å²) < 4.78 is 0. The molecule has 25 heavy (non-hydrogen) atoms. The first kappa shape index (κ1) is 19.3. The molecule has 1 atom stereocenters. The Hall–Kier alpha value is -2.04. The lowest BCUT2D eigenvalue weighted by molar-refractivity contribution is -0.118. The van der Waals surface area contributed by atoms with Gasteiger partial charge >= 0.3 is 0 Å². The van der Waals surface area contributed by atoms with E-state index in [0.717, 1.165) is 0 Å². The van der Waals surface area contributed by atoms with E-state index in [1.165, 1.54) is 0 Å². The van der Waals surface area contributed by atoms with Gasteiger partial charge in [0, 0.05) is 34.3 Å². The summed E-state index contributed by atoms with van der Waals surface area (Å²) in [5.74, 6) is -0.0523. The molecule has 0 aromatic heterocycles. The van der Waals surface area contributed by atoms with E-state index in [9.17, 15) is 9.59 Å². The van der Waals surface area contributed by atoms with Crippen molar-refractivity contribution in [3.63, 3.8) is 0 Å². The molecule has 2 aromatic rings.